The summed E-state index contributed by atoms with van der Waals surface area (Å²) in [6.07, 6.45) is 0. The number of benzene rings is 1. The third-order valence-electron chi connectivity index (χ3n) is 1.35. The first kappa shape index (κ1) is 14.3. The first-order valence-electron chi connectivity index (χ1n) is 3.11. The Morgan fingerprint density at radius 3 is 2.50 bits per heavy atom. The van der Waals surface area contributed by atoms with Crippen molar-refractivity contribution >= 4 is 28.3 Å². The minimum atomic E-state index is -0.786. The normalized spacial score (nSPS) is 8.57. The fourth-order valence-electron chi connectivity index (χ4n) is 0.779. The number of rotatable bonds is 1. The summed E-state index contributed by atoms with van der Waals surface area (Å²) in [5, 5.41) is 29.9. The van der Waals surface area contributed by atoms with Crippen LogP contribution in [0.15, 0.2) is 12.1 Å². The van der Waals surface area contributed by atoms with Crippen molar-refractivity contribution in [2.75, 3.05) is 0 Å². The average molecular weight is 328 g/mol. The van der Waals surface area contributed by atoms with Gasteiger partial charge in [-0.2, -0.15) is 5.26 Å². The largest absolute Gasteiger partial charge is 1.00 e. The van der Waals surface area contributed by atoms with Crippen molar-refractivity contribution in [1.82, 2.24) is 0 Å². The average Bonchev–Trinajstić information content (AvgIpc) is 2.09. The summed E-state index contributed by atoms with van der Waals surface area (Å²) in [5.41, 5.74) is -0.431. The molecule has 0 aromatic heterocycles. The molecule has 5 nitrogen and oxygen atoms in total. The van der Waals surface area contributed by atoms with Gasteiger partial charge < -0.3 is 5.11 Å². The third kappa shape index (κ3) is 3.15. The van der Waals surface area contributed by atoms with Crippen LogP contribution in [-0.2, 0) is 0 Å². The Morgan fingerprint density at radius 1 is 1.50 bits per heavy atom. The molecule has 0 aliphatic heterocycles. The van der Waals surface area contributed by atoms with Crippen LogP contribution in [0.4, 0.5) is 5.69 Å². The van der Waals surface area contributed by atoms with E-state index in [2.05, 4.69) is 0 Å². The van der Waals surface area contributed by atoms with Crippen LogP contribution in [0, 0.1) is 25.0 Å². The van der Waals surface area contributed by atoms with E-state index in [1.54, 1.807) is 28.7 Å². The van der Waals surface area contributed by atoms with Gasteiger partial charge in [-0.1, -0.05) is 0 Å². The second kappa shape index (κ2) is 5.99. The van der Waals surface area contributed by atoms with Gasteiger partial charge in [0.2, 0.25) is 0 Å². The SMILES string of the molecule is N#Cc1cc(I)c([O-])c([N+](=O)[O-])c1.[K+]. The number of hydrogen-bond acceptors (Lipinski definition) is 4. The van der Waals surface area contributed by atoms with Gasteiger partial charge in [-0.05, 0) is 34.4 Å². The minimum absolute atomic E-state index is 0. The van der Waals surface area contributed by atoms with Gasteiger partial charge in [-0.3, -0.25) is 10.1 Å². The molecular formula is C7H2IKN2O3. The first-order chi connectivity index (χ1) is 6.06. The quantitative estimate of drug-likeness (QED) is 0.262. The maximum atomic E-state index is 11.1. The fraction of sp³-hybridized carbons (Fsp3) is 0. The van der Waals surface area contributed by atoms with E-state index in [9.17, 15) is 15.2 Å². The summed E-state index contributed by atoms with van der Waals surface area (Å²) in [7, 11) is 0. The van der Waals surface area contributed by atoms with E-state index < -0.39 is 16.4 Å². The molecule has 0 fully saturated rings. The zero-order valence-corrected chi connectivity index (χ0v) is 12.4. The molecule has 7 heteroatoms. The van der Waals surface area contributed by atoms with E-state index >= 15 is 0 Å². The number of nitriles is 1. The Bertz CT molecular complexity index is 416. The molecule has 1 aromatic rings. The van der Waals surface area contributed by atoms with Crippen molar-refractivity contribution in [1.29, 1.82) is 5.26 Å². The zero-order chi connectivity index (χ0) is 10.0. The Balaban J connectivity index is 0.00000169. The van der Waals surface area contributed by atoms with E-state index in [4.69, 9.17) is 5.26 Å². The fourth-order valence-corrected chi connectivity index (χ4v) is 1.39. The molecule has 0 heterocycles. The molecular weight excluding hydrogens is 326 g/mol. The summed E-state index contributed by atoms with van der Waals surface area (Å²) in [5.74, 6) is -0.649. The second-order valence-corrected chi connectivity index (χ2v) is 3.34. The Labute approximate surface area is 136 Å². The Kier molecular flexibility index (Phi) is 6.11. The second-order valence-electron chi connectivity index (χ2n) is 2.18. The Hall–Kier alpha value is 0.276. The number of nitro groups is 1. The molecule has 0 saturated heterocycles. The van der Waals surface area contributed by atoms with Crippen LogP contribution in [0.25, 0.3) is 0 Å². The molecule has 0 atom stereocenters. The molecule has 0 unspecified atom stereocenters. The molecule has 1 aromatic carbocycles. The van der Waals surface area contributed by atoms with Crippen LogP contribution in [-0.4, -0.2) is 4.92 Å². The molecule has 0 spiro atoms. The zero-order valence-electron chi connectivity index (χ0n) is 7.15. The smallest absolute Gasteiger partial charge is 0.867 e. The number of halogens is 1. The van der Waals surface area contributed by atoms with Crippen molar-refractivity contribution in [3.63, 3.8) is 0 Å². The molecule has 66 valence electrons. The Morgan fingerprint density at radius 2 is 2.07 bits per heavy atom. The van der Waals surface area contributed by atoms with E-state index in [1.807, 2.05) is 0 Å². The standard InChI is InChI=1S/C7H3IN2O3.K/c8-5-1-4(3-9)2-6(7(5)11)10(12)13;/h1-2,11H;/q;+1/p-1. The maximum Gasteiger partial charge on any atom is 1.00 e. The molecule has 0 bridgehead atoms. The van der Waals surface area contributed by atoms with Crippen LogP contribution in [0.5, 0.6) is 5.75 Å². The topological polar surface area (TPSA) is 90.0 Å². The molecule has 0 aliphatic rings. The molecule has 0 amide bonds. The summed E-state index contributed by atoms with van der Waals surface area (Å²) in [6, 6.07) is 4.03. The van der Waals surface area contributed by atoms with E-state index in [0.717, 1.165) is 6.07 Å². The molecule has 0 radical (unpaired) electrons. The van der Waals surface area contributed by atoms with Gasteiger partial charge >= 0.3 is 51.4 Å². The van der Waals surface area contributed by atoms with E-state index in [-0.39, 0.29) is 60.5 Å². The van der Waals surface area contributed by atoms with Gasteiger partial charge in [0.15, 0.2) is 0 Å². The predicted molar refractivity (Wildman–Crippen MR) is 50.0 cm³/mol. The monoisotopic (exact) mass is 328 g/mol. The van der Waals surface area contributed by atoms with Gasteiger partial charge in [0, 0.05) is 9.64 Å². The maximum absolute atomic E-state index is 11.1. The van der Waals surface area contributed by atoms with Crippen molar-refractivity contribution in [3.05, 3.63) is 31.4 Å². The van der Waals surface area contributed by atoms with Crippen molar-refractivity contribution in [3.8, 4) is 11.8 Å². The van der Waals surface area contributed by atoms with Crippen LogP contribution in [0.1, 0.15) is 5.56 Å². The number of hydrogen-bond donors (Lipinski definition) is 0. The van der Waals surface area contributed by atoms with Crippen molar-refractivity contribution in [2.45, 2.75) is 0 Å². The van der Waals surface area contributed by atoms with Crippen molar-refractivity contribution < 1.29 is 61.4 Å². The van der Waals surface area contributed by atoms with Gasteiger partial charge in [0.1, 0.15) is 0 Å². The van der Waals surface area contributed by atoms with Crippen LogP contribution < -0.4 is 56.5 Å². The molecule has 0 aliphatic carbocycles. The molecule has 1 rings (SSSR count). The van der Waals surface area contributed by atoms with Crippen LogP contribution in [0.2, 0.25) is 0 Å². The van der Waals surface area contributed by atoms with Crippen LogP contribution >= 0.6 is 22.6 Å². The summed E-state index contributed by atoms with van der Waals surface area (Å²) < 4.78 is 0.184. The number of nitro benzene ring substituents is 1. The van der Waals surface area contributed by atoms with Gasteiger partial charge in [0.05, 0.1) is 16.6 Å². The van der Waals surface area contributed by atoms with Crippen LogP contribution in [0.3, 0.4) is 0 Å². The predicted octanol–water partition coefficient (Wildman–Crippen LogP) is -1.85. The van der Waals surface area contributed by atoms with E-state index in [1.165, 1.54) is 6.07 Å². The molecule has 14 heavy (non-hydrogen) atoms. The summed E-state index contributed by atoms with van der Waals surface area (Å²) >= 11 is 1.66. The van der Waals surface area contributed by atoms with Gasteiger partial charge in [-0.25, -0.2) is 0 Å². The summed E-state index contributed by atoms with van der Waals surface area (Å²) in [6.45, 7) is 0. The van der Waals surface area contributed by atoms with E-state index in [0.29, 0.717) is 0 Å². The first-order valence-corrected chi connectivity index (χ1v) is 4.19. The van der Waals surface area contributed by atoms with Gasteiger partial charge in [0.25, 0.3) is 5.69 Å². The number of nitrogens with zero attached hydrogens (tertiary/aromatic N) is 2. The minimum Gasteiger partial charge on any atom is -0.867 e. The molecule has 0 N–H and O–H groups in total. The van der Waals surface area contributed by atoms with Crippen molar-refractivity contribution in [2.24, 2.45) is 0 Å². The molecule has 0 saturated carbocycles. The summed E-state index contributed by atoms with van der Waals surface area (Å²) in [4.78, 5) is 9.55. The third-order valence-corrected chi connectivity index (χ3v) is 2.15. The van der Waals surface area contributed by atoms with Gasteiger partial charge in [-0.15, -0.1) is 0 Å².